The van der Waals surface area contributed by atoms with Crippen molar-refractivity contribution in [1.29, 1.82) is 0 Å². The number of piperidine rings is 1. The molecule has 1 atom stereocenters. The van der Waals surface area contributed by atoms with Crippen LogP contribution in [0.1, 0.15) is 86.6 Å². The molecule has 2 saturated heterocycles. The van der Waals surface area contributed by atoms with Crippen LogP contribution in [-0.4, -0.2) is 102 Å². The summed E-state index contributed by atoms with van der Waals surface area (Å²) in [6, 6.07) is 18.9. The summed E-state index contributed by atoms with van der Waals surface area (Å²) in [4.78, 5) is 53.9. The zero-order valence-corrected chi connectivity index (χ0v) is 39.1. The van der Waals surface area contributed by atoms with E-state index in [1.54, 1.807) is 31.5 Å². The topological polar surface area (TPSA) is 149 Å². The summed E-state index contributed by atoms with van der Waals surface area (Å²) in [6.07, 6.45) is 13.4. The van der Waals surface area contributed by atoms with Crippen molar-refractivity contribution >= 4 is 82.4 Å². The lowest BCUT2D eigenvalue weighted by Gasteiger charge is -2.36. The van der Waals surface area contributed by atoms with E-state index in [-0.39, 0.29) is 24.1 Å². The Morgan fingerprint density at radius 2 is 1.60 bits per heavy atom. The number of hydrogen-bond donors (Lipinski definition) is 3. The van der Waals surface area contributed by atoms with Crippen LogP contribution in [0, 0.1) is 0 Å². The van der Waals surface area contributed by atoms with E-state index in [0.717, 1.165) is 72.0 Å². The second kappa shape index (κ2) is 21.8. The quantitative estimate of drug-likeness (QED) is 0.0317. The van der Waals surface area contributed by atoms with Crippen molar-refractivity contribution in [3.05, 3.63) is 83.0 Å². The number of carbonyl (C=O) groups is 3. The lowest BCUT2D eigenvalue weighted by molar-refractivity contribution is -0.136. The largest absolute Gasteiger partial charge is 0.494 e. The highest BCUT2D eigenvalue weighted by Crippen LogP contribution is 2.39. The van der Waals surface area contributed by atoms with Crippen LogP contribution in [0.25, 0.3) is 0 Å². The Kier molecular flexibility index (Phi) is 16.1. The molecule has 3 aliphatic rings. The Morgan fingerprint density at radius 3 is 2.33 bits per heavy atom. The fraction of sp³-hybridized carbons (Fsp3) is 0.468. The number of nitrogens with one attached hydrogen (secondary N) is 3. The summed E-state index contributed by atoms with van der Waals surface area (Å²) in [5.41, 5.74) is 4.25. The molecule has 7 rings (SSSR count). The van der Waals surface area contributed by atoms with Crippen LogP contribution >= 0.6 is 30.5 Å². The van der Waals surface area contributed by atoms with Crippen molar-refractivity contribution < 1.29 is 23.7 Å². The molecule has 1 unspecified atom stereocenters. The van der Waals surface area contributed by atoms with Crippen molar-refractivity contribution in [1.82, 2.24) is 25.1 Å². The number of carbonyl (C=O) groups excluding carboxylic acids is 3. The fourth-order valence-corrected chi connectivity index (χ4v) is 11.0. The fourth-order valence-electron chi connectivity index (χ4n) is 8.57. The van der Waals surface area contributed by atoms with E-state index in [1.165, 1.54) is 51.4 Å². The van der Waals surface area contributed by atoms with Gasteiger partial charge in [0.1, 0.15) is 24.0 Å². The molecule has 0 spiro atoms. The van der Waals surface area contributed by atoms with Crippen LogP contribution in [0.2, 0.25) is 5.02 Å². The first-order valence-corrected chi connectivity index (χ1v) is 26.2. The van der Waals surface area contributed by atoms with Crippen molar-refractivity contribution in [2.75, 3.05) is 74.4 Å². The number of methoxy groups -OCH3 is 1. The zero-order valence-electron chi connectivity index (χ0n) is 36.7. The second-order valence-electron chi connectivity index (χ2n) is 16.9. The number of rotatable bonds is 21. The summed E-state index contributed by atoms with van der Waals surface area (Å²) < 4.78 is 18.7. The van der Waals surface area contributed by atoms with Gasteiger partial charge in [-0.2, -0.15) is 4.98 Å². The lowest BCUT2D eigenvalue weighted by Crippen LogP contribution is -2.52. The molecule has 63 heavy (non-hydrogen) atoms. The highest BCUT2D eigenvalue weighted by atomic mass is 35.5. The number of nitrogens with zero attached hydrogens (tertiary/aromatic N) is 5. The maximum absolute atomic E-state index is 13.1. The summed E-state index contributed by atoms with van der Waals surface area (Å²) >= 11 is 8.28. The first-order valence-electron chi connectivity index (χ1n) is 22.2. The number of hydrogen-bond acceptors (Lipinski definition) is 12. The molecule has 16 heteroatoms. The Hall–Kier alpha value is -4.62. The highest BCUT2D eigenvalue weighted by molar-refractivity contribution is 7.99. The number of anilines is 5. The van der Waals surface area contributed by atoms with Crippen LogP contribution in [0.15, 0.2) is 71.8 Å². The van der Waals surface area contributed by atoms with E-state index in [1.807, 2.05) is 54.2 Å². The zero-order chi connectivity index (χ0) is 44.3. The van der Waals surface area contributed by atoms with Gasteiger partial charge in [-0.05, 0) is 86.9 Å². The van der Waals surface area contributed by atoms with Gasteiger partial charge in [0.2, 0.25) is 17.8 Å². The first-order chi connectivity index (χ1) is 30.5. The normalized spacial score (nSPS) is 16.9. The van der Waals surface area contributed by atoms with Crippen LogP contribution < -0.4 is 30.9 Å². The Morgan fingerprint density at radius 1 is 0.873 bits per heavy atom. The second-order valence-corrected chi connectivity index (χ2v) is 21.7. The Bertz CT molecular complexity index is 2300. The van der Waals surface area contributed by atoms with Crippen LogP contribution in [0.4, 0.5) is 28.8 Å². The van der Waals surface area contributed by atoms with Crippen molar-refractivity contribution in [3.63, 3.8) is 0 Å². The van der Waals surface area contributed by atoms with E-state index in [0.29, 0.717) is 46.8 Å². The predicted octanol–water partition coefficient (Wildman–Crippen LogP) is 9.06. The number of fused-ring (bicyclic) bond motifs is 1. The number of imide groups is 1. The Balaban J connectivity index is 0.750. The number of thioether (sulfide) groups is 1. The van der Waals surface area contributed by atoms with Crippen molar-refractivity contribution in [2.24, 2.45) is 0 Å². The third-order valence-corrected chi connectivity index (χ3v) is 15.1. The molecule has 1 aromatic heterocycles. The minimum Gasteiger partial charge on any atom is -0.494 e. The molecule has 4 aromatic rings. The molecule has 3 aromatic carbocycles. The van der Waals surface area contributed by atoms with Gasteiger partial charge in [-0.15, -0.1) is 11.8 Å². The molecular formula is C47H60ClN8O5PS. The number of piperazine rings is 1. The van der Waals surface area contributed by atoms with Gasteiger partial charge in [-0.3, -0.25) is 24.6 Å². The summed E-state index contributed by atoms with van der Waals surface area (Å²) in [6.45, 7) is 9.05. The van der Waals surface area contributed by atoms with Gasteiger partial charge in [0, 0.05) is 66.7 Å². The van der Waals surface area contributed by atoms with Crippen LogP contribution in [-0.2, 0) is 20.7 Å². The number of aromatic nitrogens is 2. The summed E-state index contributed by atoms with van der Waals surface area (Å²) in [5.74, 6) is 1.73. The monoisotopic (exact) mass is 914 g/mol. The molecule has 0 saturated carbocycles. The highest BCUT2D eigenvalue weighted by Gasteiger charge is 2.39. The minimum absolute atomic E-state index is 0.111. The molecule has 3 N–H and O–H groups in total. The van der Waals surface area contributed by atoms with Gasteiger partial charge in [-0.25, -0.2) is 4.98 Å². The number of ether oxygens (including phenoxy) is 1. The summed E-state index contributed by atoms with van der Waals surface area (Å²) in [5, 5.41) is 10.00. The van der Waals surface area contributed by atoms with Gasteiger partial charge >= 0.3 is 0 Å². The maximum Gasteiger partial charge on any atom is 0.255 e. The molecule has 336 valence electrons. The number of halogens is 1. The van der Waals surface area contributed by atoms with E-state index in [4.69, 9.17) is 16.3 Å². The third-order valence-electron chi connectivity index (χ3n) is 12.1. The molecule has 3 aliphatic heterocycles. The van der Waals surface area contributed by atoms with E-state index in [2.05, 4.69) is 53.9 Å². The minimum atomic E-state index is -2.54. The van der Waals surface area contributed by atoms with Crippen molar-refractivity contribution in [2.45, 2.75) is 88.1 Å². The molecule has 3 amide bonds. The molecule has 0 bridgehead atoms. The Labute approximate surface area is 380 Å². The smallest absolute Gasteiger partial charge is 0.255 e. The number of amides is 3. The van der Waals surface area contributed by atoms with Gasteiger partial charge in [0.25, 0.3) is 5.91 Å². The first kappa shape index (κ1) is 46.4. The predicted molar refractivity (Wildman–Crippen MR) is 256 cm³/mol. The summed E-state index contributed by atoms with van der Waals surface area (Å²) in [7, 11) is -0.874. The van der Waals surface area contributed by atoms with Gasteiger partial charge in [0.15, 0.2) is 5.82 Å². The molecular weight excluding hydrogens is 855 g/mol. The lowest BCUT2D eigenvalue weighted by atomic mass is 10.0. The van der Waals surface area contributed by atoms with Crippen LogP contribution in [0.5, 0.6) is 5.75 Å². The molecule has 4 heterocycles. The number of benzene rings is 3. The maximum atomic E-state index is 13.1. The molecule has 13 nitrogen and oxygen atoms in total. The third kappa shape index (κ3) is 12.1. The van der Waals surface area contributed by atoms with E-state index < -0.39 is 13.2 Å². The van der Waals surface area contributed by atoms with Gasteiger partial charge in [0.05, 0.1) is 24.7 Å². The van der Waals surface area contributed by atoms with Gasteiger partial charge < -0.3 is 29.7 Å². The average Bonchev–Trinajstić information content (AvgIpc) is 3.61. The van der Waals surface area contributed by atoms with Crippen molar-refractivity contribution in [3.8, 4) is 5.75 Å². The molecule has 0 radical (unpaired) electrons. The van der Waals surface area contributed by atoms with E-state index >= 15 is 0 Å². The van der Waals surface area contributed by atoms with Crippen LogP contribution in [0.3, 0.4) is 0 Å². The number of unbranched alkanes of at least 4 members (excludes halogenated alkanes) is 8. The van der Waals surface area contributed by atoms with Gasteiger partial charge in [-0.1, -0.05) is 74.7 Å². The average molecular weight is 916 g/mol. The number of para-hydroxylation sites is 1. The molecule has 2 fully saturated rings. The van der Waals surface area contributed by atoms with E-state index in [9.17, 15) is 18.9 Å². The SMILES string of the molecule is COc1cc(N2CCN(CCCCCCCCCCCSc3cccc4c3CN(C3CCC(=O)NC3=O)C4=O)CC2)ccc1Nc1ncc(Cl)c(Nc2ccccc2P(C)(C)=O)n1. The molecule has 0 aliphatic carbocycles. The standard InChI is InChI=1S/C47H60ClN8O5PS/c1-61-40-30-33(20-21-37(40)51-47-49-31-36(48)44(53-47)50-38-17-11-12-18-41(38)62(2,3)60)55-27-25-54(26-28-55)24-13-9-7-5-4-6-8-10-14-29-63-42-19-15-16-34-35(42)32-56(46(34)59)39-22-23-43(57)52-45(39)58/h11-12,15-21,30-31,39H,4-10,13-14,22-29,32H2,1-3H3,(H,52,57,58)(H2,49,50,51,53).